The summed E-state index contributed by atoms with van der Waals surface area (Å²) in [6.07, 6.45) is 1.71. The molecule has 0 unspecified atom stereocenters. The van der Waals surface area contributed by atoms with Crippen molar-refractivity contribution in [2.24, 2.45) is 7.05 Å². The fraction of sp³-hybridized carbons (Fsp3) is 0.368. The Labute approximate surface area is 165 Å². The van der Waals surface area contributed by atoms with E-state index < -0.39 is 5.69 Å². The molecule has 0 aromatic carbocycles. The molecule has 1 amide bonds. The number of carbonyl (C=O) groups is 1. The fourth-order valence-corrected chi connectivity index (χ4v) is 3.45. The first kappa shape index (κ1) is 18.9. The topological polar surface area (TPSA) is 116 Å². The number of H-pyrrole nitrogens is 1. The van der Waals surface area contributed by atoms with E-state index in [1.807, 2.05) is 6.07 Å². The number of anilines is 1. The zero-order valence-corrected chi connectivity index (χ0v) is 16.3. The van der Waals surface area contributed by atoms with E-state index in [0.29, 0.717) is 23.4 Å². The maximum absolute atomic E-state index is 12.2. The molecule has 0 radical (unpaired) electrons. The lowest BCUT2D eigenvalue weighted by atomic mass is 10.2. The van der Waals surface area contributed by atoms with Gasteiger partial charge in [-0.1, -0.05) is 0 Å². The van der Waals surface area contributed by atoms with Crippen LogP contribution in [0.15, 0.2) is 38.4 Å². The smallest absolute Gasteiger partial charge is 0.330 e. The second kappa shape index (κ2) is 7.55. The van der Waals surface area contributed by atoms with Gasteiger partial charge in [0.2, 0.25) is 5.71 Å². The number of nitrogens with one attached hydrogen (secondary N) is 2. The summed E-state index contributed by atoms with van der Waals surface area (Å²) < 4.78 is 6.70. The van der Waals surface area contributed by atoms with Gasteiger partial charge in [-0.2, -0.15) is 0 Å². The molecule has 0 aliphatic carbocycles. The summed E-state index contributed by atoms with van der Waals surface area (Å²) in [5, 5.41) is 2.94. The van der Waals surface area contributed by atoms with Crippen molar-refractivity contribution in [3.63, 3.8) is 0 Å². The van der Waals surface area contributed by atoms with Crippen molar-refractivity contribution in [1.29, 1.82) is 0 Å². The van der Waals surface area contributed by atoms with Gasteiger partial charge in [-0.05, 0) is 18.2 Å². The van der Waals surface area contributed by atoms with Crippen LogP contribution in [0, 0.1) is 0 Å². The average molecular weight is 398 g/mol. The molecule has 1 fully saturated rings. The van der Waals surface area contributed by atoms with Crippen LogP contribution in [0.3, 0.4) is 0 Å². The quantitative estimate of drug-likeness (QED) is 0.630. The summed E-state index contributed by atoms with van der Waals surface area (Å²) in [5.74, 6) is 0.437. The van der Waals surface area contributed by atoms with Crippen molar-refractivity contribution in [3.05, 3.63) is 56.7 Å². The lowest BCUT2D eigenvalue weighted by Gasteiger charge is -2.35. The third kappa shape index (κ3) is 3.66. The third-order valence-corrected chi connectivity index (χ3v) is 5.17. The Morgan fingerprint density at radius 3 is 2.66 bits per heavy atom. The molecule has 0 saturated carbocycles. The van der Waals surface area contributed by atoms with E-state index in [9.17, 15) is 14.4 Å². The van der Waals surface area contributed by atoms with Crippen LogP contribution in [0.5, 0.6) is 0 Å². The maximum Gasteiger partial charge on any atom is 0.330 e. The van der Waals surface area contributed by atoms with Crippen molar-refractivity contribution >= 4 is 22.7 Å². The summed E-state index contributed by atoms with van der Waals surface area (Å²) in [6, 6.07) is 5.32. The Hall–Kier alpha value is -3.40. The van der Waals surface area contributed by atoms with Crippen LogP contribution in [-0.2, 0) is 13.6 Å². The molecular formula is C19H22N6O4. The highest BCUT2D eigenvalue weighted by Crippen LogP contribution is 2.19. The highest BCUT2D eigenvalue weighted by atomic mass is 16.3. The number of amides is 1. The lowest BCUT2D eigenvalue weighted by molar-refractivity contribution is 0.0958. The second-order valence-electron chi connectivity index (χ2n) is 6.99. The number of piperazine rings is 1. The zero-order chi connectivity index (χ0) is 20.5. The molecule has 0 spiro atoms. The Balaban J connectivity index is 1.41. The Morgan fingerprint density at radius 2 is 2.00 bits per heavy atom. The van der Waals surface area contributed by atoms with Gasteiger partial charge < -0.3 is 14.6 Å². The van der Waals surface area contributed by atoms with Crippen LogP contribution in [-0.4, -0.2) is 58.6 Å². The highest BCUT2D eigenvalue weighted by Gasteiger charge is 2.20. The van der Waals surface area contributed by atoms with E-state index in [2.05, 4.69) is 25.1 Å². The van der Waals surface area contributed by atoms with Gasteiger partial charge in [-0.15, -0.1) is 0 Å². The molecule has 152 valence electrons. The maximum atomic E-state index is 12.2. The number of furan rings is 1. The molecule has 3 aromatic heterocycles. The van der Waals surface area contributed by atoms with Crippen molar-refractivity contribution in [2.45, 2.75) is 6.54 Å². The second-order valence-corrected chi connectivity index (χ2v) is 6.99. The molecule has 4 rings (SSSR count). The summed E-state index contributed by atoms with van der Waals surface area (Å²) in [4.78, 5) is 46.7. The van der Waals surface area contributed by atoms with Gasteiger partial charge in [0.25, 0.3) is 11.5 Å². The summed E-state index contributed by atoms with van der Waals surface area (Å²) in [7, 11) is 3.01. The first-order valence-electron chi connectivity index (χ1n) is 9.33. The number of rotatable bonds is 4. The molecule has 1 saturated heterocycles. The third-order valence-electron chi connectivity index (χ3n) is 5.17. The van der Waals surface area contributed by atoms with E-state index in [1.54, 1.807) is 25.4 Å². The number of aromatic amines is 1. The van der Waals surface area contributed by atoms with E-state index >= 15 is 0 Å². The van der Waals surface area contributed by atoms with Crippen LogP contribution in [0.25, 0.3) is 11.1 Å². The number of pyridine rings is 1. The molecular weight excluding hydrogens is 376 g/mol. The molecule has 2 N–H and O–H groups in total. The largest absolute Gasteiger partial charge is 0.443 e. The molecule has 10 heteroatoms. The molecule has 1 aliphatic heterocycles. The molecule has 0 bridgehead atoms. The van der Waals surface area contributed by atoms with Crippen molar-refractivity contribution in [3.8, 4) is 0 Å². The highest BCUT2D eigenvalue weighted by molar-refractivity contribution is 5.92. The predicted octanol–water partition coefficient (Wildman–Crippen LogP) is -0.103. The van der Waals surface area contributed by atoms with Gasteiger partial charge in [0.15, 0.2) is 0 Å². The average Bonchev–Trinajstić information content (AvgIpc) is 3.14. The lowest BCUT2D eigenvalue weighted by Crippen LogP contribution is -2.46. The first-order valence-corrected chi connectivity index (χ1v) is 9.33. The Kier molecular flexibility index (Phi) is 4.93. The van der Waals surface area contributed by atoms with Gasteiger partial charge in [0, 0.05) is 40.3 Å². The van der Waals surface area contributed by atoms with Gasteiger partial charge >= 0.3 is 5.69 Å². The molecule has 4 heterocycles. The van der Waals surface area contributed by atoms with E-state index in [4.69, 9.17) is 4.42 Å². The van der Waals surface area contributed by atoms with Crippen molar-refractivity contribution in [2.75, 3.05) is 38.1 Å². The van der Waals surface area contributed by atoms with Crippen molar-refractivity contribution < 1.29 is 9.21 Å². The van der Waals surface area contributed by atoms with Gasteiger partial charge in [0.05, 0.1) is 18.4 Å². The van der Waals surface area contributed by atoms with Gasteiger partial charge in [-0.25, -0.2) is 9.78 Å². The fourth-order valence-electron chi connectivity index (χ4n) is 3.45. The molecule has 1 aliphatic rings. The number of fused-ring (bicyclic) bond motifs is 1. The van der Waals surface area contributed by atoms with Crippen LogP contribution >= 0.6 is 0 Å². The Bertz CT molecular complexity index is 1150. The molecule has 3 aromatic rings. The summed E-state index contributed by atoms with van der Waals surface area (Å²) >= 11 is 0. The number of hydrogen-bond donors (Lipinski definition) is 2. The summed E-state index contributed by atoms with van der Waals surface area (Å²) in [6.45, 7) is 3.78. The van der Waals surface area contributed by atoms with Crippen LogP contribution < -0.4 is 21.5 Å². The van der Waals surface area contributed by atoms with Gasteiger partial charge in [-0.3, -0.25) is 24.0 Å². The van der Waals surface area contributed by atoms with E-state index in [0.717, 1.165) is 36.4 Å². The van der Waals surface area contributed by atoms with Crippen molar-refractivity contribution in [1.82, 2.24) is 24.8 Å². The van der Waals surface area contributed by atoms with Crippen LogP contribution in [0.2, 0.25) is 0 Å². The van der Waals surface area contributed by atoms with E-state index in [1.165, 1.54) is 7.05 Å². The van der Waals surface area contributed by atoms with E-state index in [-0.39, 0.29) is 17.2 Å². The number of carbonyl (C=O) groups excluding carboxylic acids is 1. The van der Waals surface area contributed by atoms with Gasteiger partial charge in [0.1, 0.15) is 16.8 Å². The summed E-state index contributed by atoms with van der Waals surface area (Å²) in [5.41, 5.74) is 0.726. The minimum atomic E-state index is -0.493. The normalized spacial score (nSPS) is 15.0. The van der Waals surface area contributed by atoms with Crippen LogP contribution in [0.4, 0.5) is 5.69 Å². The SMILES string of the molecule is CNC(=O)c1ccc(N2CCN(Cc3cc4c(=O)n(C)c(=O)[nH]c4o3)CC2)cn1. The monoisotopic (exact) mass is 398 g/mol. The minimum Gasteiger partial charge on any atom is -0.443 e. The Morgan fingerprint density at radius 1 is 1.24 bits per heavy atom. The number of hydrogen-bond acceptors (Lipinski definition) is 7. The number of aromatic nitrogens is 3. The van der Waals surface area contributed by atoms with Crippen LogP contribution in [0.1, 0.15) is 16.2 Å². The number of nitrogens with zero attached hydrogens (tertiary/aromatic N) is 4. The molecule has 29 heavy (non-hydrogen) atoms. The molecule has 10 nitrogen and oxygen atoms in total. The molecule has 0 atom stereocenters. The standard InChI is InChI=1S/C19H22N6O4/c1-20-16(26)15-4-3-12(10-21-15)25-7-5-24(6-8-25)11-13-9-14-17(29-13)22-19(28)23(2)18(14)27/h3-4,9-10H,5-8,11H2,1-2H3,(H,20,26)(H,22,28). The minimum absolute atomic E-state index is 0.205. The predicted molar refractivity (Wildman–Crippen MR) is 107 cm³/mol. The first-order chi connectivity index (χ1) is 14.0. The zero-order valence-electron chi connectivity index (χ0n) is 16.3.